The van der Waals surface area contributed by atoms with E-state index in [1.807, 2.05) is 0 Å². The molecule has 4 aromatic rings. The zero-order chi connectivity index (χ0) is 17.8. The highest BCUT2D eigenvalue weighted by Gasteiger charge is 2.06. The zero-order valence-electron chi connectivity index (χ0n) is 14.8. The van der Waals surface area contributed by atoms with Crippen LogP contribution in [0.25, 0.3) is 22.3 Å². The topological polar surface area (TPSA) is 12.0 Å². The number of aryl methyl sites for hydroxylation is 1. The van der Waals surface area contributed by atoms with Gasteiger partial charge in [0.05, 0.1) is 0 Å². The lowest BCUT2D eigenvalue weighted by Crippen LogP contribution is -1.90. The minimum atomic E-state index is 1.09. The van der Waals surface area contributed by atoms with Gasteiger partial charge >= 0.3 is 0 Å². The largest absolute Gasteiger partial charge is 0.356 e. The number of hydrogen-bond donors (Lipinski definition) is 1. The summed E-state index contributed by atoms with van der Waals surface area (Å²) in [6, 6.07) is 36.2. The van der Waals surface area contributed by atoms with Crippen LogP contribution in [-0.4, -0.2) is 0 Å². The number of rotatable bonds is 4. The van der Waals surface area contributed by atoms with Gasteiger partial charge in [0.2, 0.25) is 0 Å². The van der Waals surface area contributed by atoms with Crippen LogP contribution in [0, 0.1) is 6.92 Å². The molecule has 26 heavy (non-hydrogen) atoms. The average molecular weight is 335 g/mol. The van der Waals surface area contributed by atoms with E-state index < -0.39 is 0 Å². The fourth-order valence-electron chi connectivity index (χ4n) is 3.14. The summed E-state index contributed by atoms with van der Waals surface area (Å²) < 4.78 is 0. The van der Waals surface area contributed by atoms with E-state index in [1.54, 1.807) is 0 Å². The normalized spacial score (nSPS) is 10.5. The summed E-state index contributed by atoms with van der Waals surface area (Å²) in [5.74, 6) is 0. The Bertz CT molecular complexity index is 984. The molecule has 0 saturated heterocycles. The fraction of sp³-hybridized carbons (Fsp3) is 0.0400. The van der Waals surface area contributed by atoms with E-state index in [0.29, 0.717) is 0 Å². The van der Waals surface area contributed by atoms with Crippen LogP contribution < -0.4 is 5.32 Å². The van der Waals surface area contributed by atoms with Gasteiger partial charge in [-0.1, -0.05) is 84.4 Å². The van der Waals surface area contributed by atoms with Crippen molar-refractivity contribution in [2.24, 2.45) is 0 Å². The Kier molecular flexibility index (Phi) is 4.53. The molecule has 4 rings (SSSR count). The molecule has 0 spiro atoms. The molecule has 0 amide bonds. The summed E-state index contributed by atoms with van der Waals surface area (Å²) in [6.07, 6.45) is 0. The molecule has 0 aliphatic heterocycles. The van der Waals surface area contributed by atoms with Crippen molar-refractivity contribution in [1.82, 2.24) is 0 Å². The van der Waals surface area contributed by atoms with Crippen LogP contribution in [-0.2, 0) is 0 Å². The second-order valence-corrected chi connectivity index (χ2v) is 6.48. The average Bonchev–Trinajstić information content (AvgIpc) is 2.71. The lowest BCUT2D eigenvalue weighted by atomic mass is 9.94. The van der Waals surface area contributed by atoms with Crippen LogP contribution in [0.5, 0.6) is 0 Å². The smallest absolute Gasteiger partial charge is 0.0384 e. The number of benzene rings is 4. The monoisotopic (exact) mass is 335 g/mol. The SMILES string of the molecule is Cc1ccc(Nc2ccc(-c3ccccc3-c3ccccc3)cc2)cc1. The van der Waals surface area contributed by atoms with E-state index in [4.69, 9.17) is 0 Å². The van der Waals surface area contributed by atoms with Gasteiger partial charge in [-0.15, -0.1) is 0 Å². The highest BCUT2D eigenvalue weighted by Crippen LogP contribution is 2.32. The van der Waals surface area contributed by atoms with Gasteiger partial charge in [0.25, 0.3) is 0 Å². The summed E-state index contributed by atoms with van der Waals surface area (Å²) in [4.78, 5) is 0. The maximum Gasteiger partial charge on any atom is 0.0384 e. The van der Waals surface area contributed by atoms with Crippen molar-refractivity contribution >= 4 is 11.4 Å². The number of hydrogen-bond acceptors (Lipinski definition) is 1. The quantitative estimate of drug-likeness (QED) is 0.420. The summed E-state index contributed by atoms with van der Waals surface area (Å²) >= 11 is 0. The molecule has 0 unspecified atom stereocenters. The van der Waals surface area contributed by atoms with Crippen LogP contribution >= 0.6 is 0 Å². The standard InChI is InChI=1S/C25H21N/c1-19-11-15-22(16-12-19)26-23-17-13-21(14-18-23)25-10-6-5-9-24(25)20-7-3-2-4-8-20/h2-18,26H,1H3. The minimum Gasteiger partial charge on any atom is -0.356 e. The van der Waals surface area contributed by atoms with Gasteiger partial charge in [0, 0.05) is 11.4 Å². The molecule has 0 bridgehead atoms. The Hall–Kier alpha value is -3.32. The van der Waals surface area contributed by atoms with E-state index in [9.17, 15) is 0 Å². The Morgan fingerprint density at radius 3 is 1.50 bits per heavy atom. The molecule has 1 heteroatoms. The molecule has 0 heterocycles. The molecule has 1 N–H and O–H groups in total. The van der Waals surface area contributed by atoms with Crippen LogP contribution in [0.1, 0.15) is 5.56 Å². The molecule has 0 aromatic heterocycles. The molecule has 0 atom stereocenters. The van der Waals surface area contributed by atoms with Crippen LogP contribution in [0.15, 0.2) is 103 Å². The first kappa shape index (κ1) is 16.2. The minimum absolute atomic E-state index is 1.09. The highest BCUT2D eigenvalue weighted by molar-refractivity contribution is 5.84. The Morgan fingerprint density at radius 2 is 0.923 bits per heavy atom. The predicted octanol–water partition coefficient (Wildman–Crippen LogP) is 7.07. The van der Waals surface area contributed by atoms with E-state index in [-0.39, 0.29) is 0 Å². The highest BCUT2D eigenvalue weighted by atomic mass is 14.9. The molecule has 4 aromatic carbocycles. The first-order valence-corrected chi connectivity index (χ1v) is 8.88. The van der Waals surface area contributed by atoms with Crippen LogP contribution in [0.2, 0.25) is 0 Å². The maximum atomic E-state index is 3.46. The second-order valence-electron chi connectivity index (χ2n) is 6.48. The van der Waals surface area contributed by atoms with Gasteiger partial charge in [0.1, 0.15) is 0 Å². The number of anilines is 2. The van der Waals surface area contributed by atoms with E-state index >= 15 is 0 Å². The van der Waals surface area contributed by atoms with Crippen molar-refractivity contribution in [3.63, 3.8) is 0 Å². The Labute approximate surface area is 155 Å². The molecular weight excluding hydrogens is 314 g/mol. The molecular formula is C25H21N. The van der Waals surface area contributed by atoms with Gasteiger partial charge in [0.15, 0.2) is 0 Å². The van der Waals surface area contributed by atoms with Crippen LogP contribution in [0.3, 0.4) is 0 Å². The first-order valence-electron chi connectivity index (χ1n) is 8.88. The summed E-state index contributed by atoms with van der Waals surface area (Å²) in [5.41, 5.74) is 8.43. The van der Waals surface area contributed by atoms with Gasteiger partial charge in [-0.25, -0.2) is 0 Å². The molecule has 0 aliphatic rings. The van der Waals surface area contributed by atoms with Gasteiger partial charge in [-0.3, -0.25) is 0 Å². The second kappa shape index (κ2) is 7.28. The molecule has 126 valence electrons. The molecule has 0 aliphatic carbocycles. The maximum absolute atomic E-state index is 3.46. The lowest BCUT2D eigenvalue weighted by molar-refractivity contribution is 1.45. The van der Waals surface area contributed by atoms with E-state index in [1.165, 1.54) is 27.8 Å². The zero-order valence-corrected chi connectivity index (χ0v) is 14.8. The van der Waals surface area contributed by atoms with Crippen LogP contribution in [0.4, 0.5) is 11.4 Å². The fourth-order valence-corrected chi connectivity index (χ4v) is 3.14. The third-order valence-corrected chi connectivity index (χ3v) is 4.55. The molecule has 0 radical (unpaired) electrons. The van der Waals surface area contributed by atoms with Gasteiger partial charge < -0.3 is 5.32 Å². The Balaban J connectivity index is 1.63. The van der Waals surface area contributed by atoms with Crippen molar-refractivity contribution in [2.75, 3.05) is 5.32 Å². The Morgan fingerprint density at radius 1 is 0.462 bits per heavy atom. The lowest BCUT2D eigenvalue weighted by Gasteiger charge is -2.12. The summed E-state index contributed by atoms with van der Waals surface area (Å²) in [7, 11) is 0. The van der Waals surface area contributed by atoms with E-state index in [2.05, 4.69) is 115 Å². The van der Waals surface area contributed by atoms with Gasteiger partial charge in [-0.2, -0.15) is 0 Å². The first-order chi connectivity index (χ1) is 12.8. The molecule has 1 nitrogen and oxygen atoms in total. The van der Waals surface area contributed by atoms with E-state index in [0.717, 1.165) is 11.4 Å². The molecule has 0 fully saturated rings. The van der Waals surface area contributed by atoms with Crippen molar-refractivity contribution in [3.05, 3.63) is 109 Å². The van der Waals surface area contributed by atoms with Crippen molar-refractivity contribution < 1.29 is 0 Å². The van der Waals surface area contributed by atoms with Crippen molar-refractivity contribution in [2.45, 2.75) is 6.92 Å². The summed E-state index contributed by atoms with van der Waals surface area (Å²) in [6.45, 7) is 2.10. The third-order valence-electron chi connectivity index (χ3n) is 4.55. The summed E-state index contributed by atoms with van der Waals surface area (Å²) in [5, 5.41) is 3.46. The molecule has 0 saturated carbocycles. The van der Waals surface area contributed by atoms with Crippen molar-refractivity contribution in [1.29, 1.82) is 0 Å². The third kappa shape index (κ3) is 3.52. The number of nitrogens with one attached hydrogen (secondary N) is 1. The van der Waals surface area contributed by atoms with Crippen molar-refractivity contribution in [3.8, 4) is 22.3 Å². The predicted molar refractivity (Wildman–Crippen MR) is 112 cm³/mol. The van der Waals surface area contributed by atoms with Gasteiger partial charge in [-0.05, 0) is 53.4 Å².